The largest absolute Gasteiger partial charge is 0.496 e. The van der Waals surface area contributed by atoms with Crippen molar-refractivity contribution in [1.82, 2.24) is 0 Å². The van der Waals surface area contributed by atoms with Crippen LogP contribution in [-0.4, -0.2) is 27.1 Å². The van der Waals surface area contributed by atoms with Crippen LogP contribution in [0, 0.1) is 6.92 Å². The number of rotatable bonds is 8. The first-order valence-corrected chi connectivity index (χ1v) is 7.57. The highest BCUT2D eigenvalue weighted by Crippen LogP contribution is 2.28. The quantitative estimate of drug-likeness (QED) is 0.548. The molecule has 2 aromatic rings. The summed E-state index contributed by atoms with van der Waals surface area (Å²) in [4.78, 5) is 10.9. The lowest BCUT2D eigenvalue weighted by Crippen LogP contribution is -2.02. The Kier molecular flexibility index (Phi) is 6.03. The highest BCUT2D eigenvalue weighted by molar-refractivity contribution is 5.76. The summed E-state index contributed by atoms with van der Waals surface area (Å²) in [7, 11) is 3.26. The van der Waals surface area contributed by atoms with Gasteiger partial charge in [0.15, 0.2) is 11.5 Å². The SMILES string of the molecule is COc1ccc(C)cc1CCCOc1cc(C=O)ccc1OC. The van der Waals surface area contributed by atoms with E-state index in [1.807, 2.05) is 12.1 Å². The first-order chi connectivity index (χ1) is 11.2. The van der Waals surface area contributed by atoms with Crippen LogP contribution in [0.4, 0.5) is 0 Å². The summed E-state index contributed by atoms with van der Waals surface area (Å²) in [5, 5.41) is 0. The van der Waals surface area contributed by atoms with Gasteiger partial charge in [-0.3, -0.25) is 4.79 Å². The zero-order valence-corrected chi connectivity index (χ0v) is 13.8. The Bertz CT molecular complexity index is 664. The van der Waals surface area contributed by atoms with Gasteiger partial charge in [-0.15, -0.1) is 0 Å². The van der Waals surface area contributed by atoms with E-state index in [0.717, 1.165) is 24.9 Å². The lowest BCUT2D eigenvalue weighted by molar-refractivity contribution is 0.112. The molecule has 4 heteroatoms. The number of ether oxygens (including phenoxy) is 3. The second-order valence-electron chi connectivity index (χ2n) is 5.30. The molecule has 0 aromatic heterocycles. The van der Waals surface area contributed by atoms with Gasteiger partial charge >= 0.3 is 0 Å². The van der Waals surface area contributed by atoms with Crippen molar-refractivity contribution in [3.8, 4) is 17.2 Å². The molecular weight excluding hydrogens is 292 g/mol. The van der Waals surface area contributed by atoms with Crippen LogP contribution >= 0.6 is 0 Å². The molecule has 0 N–H and O–H groups in total. The number of aldehydes is 1. The average Bonchev–Trinajstić information content (AvgIpc) is 2.58. The molecule has 0 aliphatic carbocycles. The maximum atomic E-state index is 10.9. The number of benzene rings is 2. The van der Waals surface area contributed by atoms with Crippen molar-refractivity contribution >= 4 is 6.29 Å². The topological polar surface area (TPSA) is 44.8 Å². The second kappa shape index (κ2) is 8.22. The minimum Gasteiger partial charge on any atom is -0.496 e. The monoisotopic (exact) mass is 314 g/mol. The van der Waals surface area contributed by atoms with Crippen LogP contribution in [0.3, 0.4) is 0 Å². The smallest absolute Gasteiger partial charge is 0.161 e. The standard InChI is InChI=1S/C19H22O4/c1-14-6-8-17(21-2)16(11-14)5-4-10-23-19-12-15(13-20)7-9-18(19)22-3/h6-9,11-13H,4-5,10H2,1-3H3. The van der Waals surface area contributed by atoms with Gasteiger partial charge in [-0.1, -0.05) is 17.7 Å². The number of methoxy groups -OCH3 is 2. The maximum absolute atomic E-state index is 10.9. The number of aryl methyl sites for hydroxylation is 2. The van der Waals surface area contributed by atoms with Crippen LogP contribution in [0.25, 0.3) is 0 Å². The van der Waals surface area contributed by atoms with Crippen molar-refractivity contribution in [3.05, 3.63) is 53.1 Å². The summed E-state index contributed by atoms with van der Waals surface area (Å²) in [6.07, 6.45) is 2.50. The summed E-state index contributed by atoms with van der Waals surface area (Å²) in [6, 6.07) is 11.3. The van der Waals surface area contributed by atoms with Gasteiger partial charge in [-0.05, 0) is 49.6 Å². The third-order valence-corrected chi connectivity index (χ3v) is 3.61. The fourth-order valence-corrected chi connectivity index (χ4v) is 2.43. The lowest BCUT2D eigenvalue weighted by Gasteiger charge is -2.12. The number of carbonyl (C=O) groups is 1. The molecule has 2 rings (SSSR count). The Labute approximate surface area is 137 Å². The van der Waals surface area contributed by atoms with Gasteiger partial charge in [0.25, 0.3) is 0 Å². The van der Waals surface area contributed by atoms with Gasteiger partial charge in [0.1, 0.15) is 12.0 Å². The third kappa shape index (κ3) is 4.49. The van der Waals surface area contributed by atoms with Gasteiger partial charge in [-0.2, -0.15) is 0 Å². The molecule has 0 aliphatic rings. The van der Waals surface area contributed by atoms with E-state index < -0.39 is 0 Å². The normalized spacial score (nSPS) is 10.2. The Balaban J connectivity index is 1.95. The Morgan fingerprint density at radius 1 is 0.957 bits per heavy atom. The molecule has 0 saturated carbocycles. The Morgan fingerprint density at radius 3 is 2.39 bits per heavy atom. The molecule has 0 atom stereocenters. The van der Waals surface area contributed by atoms with Crippen molar-refractivity contribution in [1.29, 1.82) is 0 Å². The van der Waals surface area contributed by atoms with Crippen molar-refractivity contribution in [3.63, 3.8) is 0 Å². The molecule has 4 nitrogen and oxygen atoms in total. The first kappa shape index (κ1) is 16.9. The Hall–Kier alpha value is -2.49. The van der Waals surface area contributed by atoms with E-state index in [0.29, 0.717) is 23.7 Å². The van der Waals surface area contributed by atoms with Crippen LogP contribution in [0.2, 0.25) is 0 Å². The predicted molar refractivity (Wildman–Crippen MR) is 89.9 cm³/mol. The van der Waals surface area contributed by atoms with E-state index in [9.17, 15) is 4.79 Å². The maximum Gasteiger partial charge on any atom is 0.161 e. The lowest BCUT2D eigenvalue weighted by atomic mass is 10.1. The fraction of sp³-hybridized carbons (Fsp3) is 0.316. The summed E-state index contributed by atoms with van der Waals surface area (Å²) < 4.78 is 16.4. The molecule has 23 heavy (non-hydrogen) atoms. The molecule has 122 valence electrons. The fourth-order valence-electron chi connectivity index (χ4n) is 2.43. The van der Waals surface area contributed by atoms with Gasteiger partial charge in [0.05, 0.1) is 20.8 Å². The molecule has 0 bridgehead atoms. The van der Waals surface area contributed by atoms with Gasteiger partial charge in [0, 0.05) is 5.56 Å². The van der Waals surface area contributed by atoms with Gasteiger partial charge in [0.2, 0.25) is 0 Å². The second-order valence-corrected chi connectivity index (χ2v) is 5.30. The number of carbonyl (C=O) groups excluding carboxylic acids is 1. The first-order valence-electron chi connectivity index (χ1n) is 7.57. The summed E-state index contributed by atoms with van der Waals surface area (Å²) in [5.74, 6) is 2.12. The van der Waals surface area contributed by atoms with E-state index in [2.05, 4.69) is 13.0 Å². The van der Waals surface area contributed by atoms with Crippen LogP contribution in [0.1, 0.15) is 27.9 Å². The predicted octanol–water partition coefficient (Wildman–Crippen LogP) is 3.84. The molecule has 0 heterocycles. The van der Waals surface area contributed by atoms with E-state index in [1.165, 1.54) is 11.1 Å². The van der Waals surface area contributed by atoms with Crippen molar-refractivity contribution in [2.24, 2.45) is 0 Å². The molecular formula is C19H22O4. The molecule has 2 aromatic carbocycles. The average molecular weight is 314 g/mol. The van der Waals surface area contributed by atoms with E-state index >= 15 is 0 Å². The zero-order chi connectivity index (χ0) is 16.7. The van der Waals surface area contributed by atoms with Crippen LogP contribution in [-0.2, 0) is 6.42 Å². The molecule has 0 amide bonds. The number of hydrogen-bond donors (Lipinski definition) is 0. The van der Waals surface area contributed by atoms with Gasteiger partial charge < -0.3 is 14.2 Å². The Morgan fingerprint density at radius 2 is 1.70 bits per heavy atom. The third-order valence-electron chi connectivity index (χ3n) is 3.61. The minimum atomic E-state index is 0.537. The molecule has 0 unspecified atom stereocenters. The van der Waals surface area contributed by atoms with Crippen LogP contribution in [0.5, 0.6) is 17.2 Å². The molecule has 0 fully saturated rings. The summed E-state index contributed by atoms with van der Waals surface area (Å²) >= 11 is 0. The van der Waals surface area contributed by atoms with E-state index in [4.69, 9.17) is 14.2 Å². The summed E-state index contributed by atoms with van der Waals surface area (Å²) in [5.41, 5.74) is 2.95. The summed E-state index contributed by atoms with van der Waals surface area (Å²) in [6.45, 7) is 2.60. The zero-order valence-electron chi connectivity index (χ0n) is 13.8. The van der Waals surface area contributed by atoms with Crippen molar-refractivity contribution < 1.29 is 19.0 Å². The highest BCUT2D eigenvalue weighted by atomic mass is 16.5. The van der Waals surface area contributed by atoms with Crippen molar-refractivity contribution in [2.45, 2.75) is 19.8 Å². The van der Waals surface area contributed by atoms with Crippen molar-refractivity contribution in [2.75, 3.05) is 20.8 Å². The molecule has 0 radical (unpaired) electrons. The van der Waals surface area contributed by atoms with E-state index in [1.54, 1.807) is 32.4 Å². The molecule has 0 spiro atoms. The van der Waals surface area contributed by atoms with E-state index in [-0.39, 0.29) is 0 Å². The molecule has 0 saturated heterocycles. The number of hydrogen-bond acceptors (Lipinski definition) is 4. The molecule has 0 aliphatic heterocycles. The van der Waals surface area contributed by atoms with Gasteiger partial charge in [-0.25, -0.2) is 0 Å². The van der Waals surface area contributed by atoms with Crippen LogP contribution in [0.15, 0.2) is 36.4 Å². The minimum absolute atomic E-state index is 0.537. The van der Waals surface area contributed by atoms with Crippen LogP contribution < -0.4 is 14.2 Å². The highest BCUT2D eigenvalue weighted by Gasteiger charge is 2.07.